The molecule has 2 nitrogen and oxygen atoms in total. The van der Waals surface area contributed by atoms with E-state index in [1.165, 1.54) is 17.0 Å². The van der Waals surface area contributed by atoms with E-state index in [1.54, 1.807) is 0 Å². The molecular weight excluding hydrogens is 265 g/mol. The number of piperidine rings is 1. The first kappa shape index (κ1) is 13.8. The van der Waals surface area contributed by atoms with Gasteiger partial charge in [0.05, 0.1) is 0 Å². The highest BCUT2D eigenvalue weighted by molar-refractivity contribution is 7.70. The maximum Gasteiger partial charge on any atom is 0.111 e. The number of aliphatic hydroxyl groups excluding tert-OH is 1. The van der Waals surface area contributed by atoms with Gasteiger partial charge in [-0.15, -0.1) is 0 Å². The third-order valence-electron chi connectivity index (χ3n) is 3.70. The number of benzene rings is 2. The van der Waals surface area contributed by atoms with Crippen LogP contribution in [0.5, 0.6) is 0 Å². The fourth-order valence-electron chi connectivity index (χ4n) is 2.72. The van der Waals surface area contributed by atoms with Crippen molar-refractivity contribution in [3.05, 3.63) is 60.7 Å². The first-order valence-electron chi connectivity index (χ1n) is 7.21. The van der Waals surface area contributed by atoms with Crippen LogP contribution < -0.4 is 10.6 Å². The molecule has 3 heteroatoms. The topological polar surface area (TPSA) is 23.5 Å². The molecule has 0 aromatic heterocycles. The van der Waals surface area contributed by atoms with Crippen molar-refractivity contribution in [2.45, 2.75) is 25.5 Å². The number of nitrogens with zero attached hydrogens (tertiary/aromatic N) is 1. The highest BCUT2D eigenvalue weighted by Crippen LogP contribution is 2.42. The maximum atomic E-state index is 10.4. The van der Waals surface area contributed by atoms with Gasteiger partial charge in [-0.2, -0.15) is 0 Å². The Balaban J connectivity index is 1.99. The van der Waals surface area contributed by atoms with Gasteiger partial charge in [-0.1, -0.05) is 60.7 Å². The summed E-state index contributed by atoms with van der Waals surface area (Å²) in [6.45, 7) is 0.983. The van der Waals surface area contributed by atoms with Crippen molar-refractivity contribution in [3.63, 3.8) is 0 Å². The first-order valence-corrected chi connectivity index (χ1v) is 8.50. The third kappa shape index (κ3) is 2.93. The van der Waals surface area contributed by atoms with E-state index in [4.69, 9.17) is 0 Å². The van der Waals surface area contributed by atoms with E-state index in [2.05, 4.69) is 65.3 Å². The summed E-state index contributed by atoms with van der Waals surface area (Å²) in [6.07, 6.45) is 2.88. The molecule has 2 aromatic carbocycles. The molecule has 0 radical (unpaired) electrons. The van der Waals surface area contributed by atoms with Gasteiger partial charge >= 0.3 is 0 Å². The van der Waals surface area contributed by atoms with Gasteiger partial charge in [0.1, 0.15) is 6.23 Å². The van der Waals surface area contributed by atoms with Crippen molar-refractivity contribution in [1.82, 2.24) is 4.67 Å². The summed E-state index contributed by atoms with van der Waals surface area (Å²) in [5.41, 5.74) is 0. The second kappa shape index (κ2) is 6.49. The molecule has 0 amide bonds. The molecule has 3 rings (SSSR count). The van der Waals surface area contributed by atoms with Crippen molar-refractivity contribution in [2.75, 3.05) is 6.54 Å². The van der Waals surface area contributed by atoms with Crippen LogP contribution in [0, 0.1) is 0 Å². The van der Waals surface area contributed by atoms with Crippen LogP contribution in [0.1, 0.15) is 19.3 Å². The van der Waals surface area contributed by atoms with Gasteiger partial charge in [0.25, 0.3) is 0 Å². The lowest BCUT2D eigenvalue weighted by atomic mass is 10.1. The quantitative estimate of drug-likeness (QED) is 0.877. The first-order chi connectivity index (χ1) is 9.86. The molecule has 0 saturated carbocycles. The molecule has 0 aliphatic carbocycles. The fourth-order valence-corrected chi connectivity index (χ4v) is 5.24. The summed E-state index contributed by atoms with van der Waals surface area (Å²) in [5.74, 6) is 0. The average Bonchev–Trinajstić information content (AvgIpc) is 2.52. The van der Waals surface area contributed by atoms with E-state index in [-0.39, 0.29) is 6.23 Å². The minimum Gasteiger partial charge on any atom is -0.378 e. The lowest BCUT2D eigenvalue weighted by Crippen LogP contribution is -2.40. The van der Waals surface area contributed by atoms with Gasteiger partial charge in [-0.25, -0.2) is 4.67 Å². The second-order valence-electron chi connectivity index (χ2n) is 5.12. The Kier molecular flexibility index (Phi) is 4.47. The normalized spacial score (nSPS) is 20.2. The van der Waals surface area contributed by atoms with Gasteiger partial charge in [0.15, 0.2) is 0 Å². The van der Waals surface area contributed by atoms with Gasteiger partial charge in [-0.05, 0) is 29.9 Å². The molecule has 104 valence electrons. The van der Waals surface area contributed by atoms with Crippen LogP contribution >= 0.6 is 8.07 Å². The molecule has 20 heavy (non-hydrogen) atoms. The van der Waals surface area contributed by atoms with E-state index in [0.717, 1.165) is 19.4 Å². The number of hydrogen-bond acceptors (Lipinski definition) is 2. The monoisotopic (exact) mass is 285 g/mol. The van der Waals surface area contributed by atoms with Gasteiger partial charge < -0.3 is 5.11 Å². The smallest absolute Gasteiger partial charge is 0.111 e. The summed E-state index contributed by atoms with van der Waals surface area (Å²) < 4.78 is 2.30. The van der Waals surface area contributed by atoms with Gasteiger partial charge in [0, 0.05) is 14.6 Å². The van der Waals surface area contributed by atoms with Crippen molar-refractivity contribution < 1.29 is 5.11 Å². The van der Waals surface area contributed by atoms with E-state index in [1.807, 2.05) is 0 Å². The molecule has 0 bridgehead atoms. The van der Waals surface area contributed by atoms with Crippen molar-refractivity contribution >= 4 is 18.7 Å². The Hall–Kier alpha value is -1.21. The van der Waals surface area contributed by atoms with Crippen LogP contribution in [0.3, 0.4) is 0 Å². The minimum absolute atomic E-state index is 0.310. The highest BCUT2D eigenvalue weighted by atomic mass is 31.1. The molecule has 1 aliphatic heterocycles. The molecule has 1 aliphatic rings. The Morgan fingerprint density at radius 2 is 1.40 bits per heavy atom. The zero-order chi connectivity index (χ0) is 13.8. The number of aliphatic hydroxyl groups is 1. The summed E-state index contributed by atoms with van der Waals surface area (Å²) in [5, 5.41) is 13.0. The zero-order valence-corrected chi connectivity index (χ0v) is 12.4. The lowest BCUT2D eigenvalue weighted by Gasteiger charge is -2.38. The molecule has 1 N–H and O–H groups in total. The minimum atomic E-state index is -0.625. The van der Waals surface area contributed by atoms with E-state index < -0.39 is 8.07 Å². The molecular formula is C17H20NOP. The molecule has 1 saturated heterocycles. The highest BCUT2D eigenvalue weighted by Gasteiger charge is 2.29. The van der Waals surface area contributed by atoms with Crippen molar-refractivity contribution in [2.24, 2.45) is 0 Å². The average molecular weight is 285 g/mol. The molecule has 0 spiro atoms. The van der Waals surface area contributed by atoms with Crippen LogP contribution in [-0.2, 0) is 0 Å². The number of hydrogen-bond donors (Lipinski definition) is 1. The van der Waals surface area contributed by atoms with Crippen molar-refractivity contribution in [1.29, 1.82) is 0 Å². The van der Waals surface area contributed by atoms with E-state index >= 15 is 0 Å². The van der Waals surface area contributed by atoms with Gasteiger partial charge in [-0.3, -0.25) is 0 Å². The molecule has 1 atom stereocenters. The second-order valence-corrected chi connectivity index (χ2v) is 7.29. The summed E-state index contributed by atoms with van der Waals surface area (Å²) in [4.78, 5) is 0. The molecule has 1 fully saturated rings. The van der Waals surface area contributed by atoms with Crippen LogP contribution in [-0.4, -0.2) is 22.5 Å². The molecule has 1 heterocycles. The largest absolute Gasteiger partial charge is 0.378 e. The Labute approximate surface area is 121 Å². The summed E-state index contributed by atoms with van der Waals surface area (Å²) >= 11 is 0. The SMILES string of the molecule is OC1CCCCN1P(c1ccccc1)c1ccccc1. The van der Waals surface area contributed by atoms with Crippen LogP contribution in [0.15, 0.2) is 60.7 Å². The Morgan fingerprint density at radius 1 is 0.850 bits per heavy atom. The summed E-state index contributed by atoms with van der Waals surface area (Å²) in [7, 11) is -0.625. The predicted octanol–water partition coefficient (Wildman–Crippen LogP) is 2.84. The van der Waals surface area contributed by atoms with E-state index in [9.17, 15) is 5.11 Å². The van der Waals surface area contributed by atoms with Crippen LogP contribution in [0.2, 0.25) is 0 Å². The summed E-state index contributed by atoms with van der Waals surface area (Å²) in [6, 6.07) is 21.2. The lowest BCUT2D eigenvalue weighted by molar-refractivity contribution is 0.0374. The van der Waals surface area contributed by atoms with Gasteiger partial charge in [0.2, 0.25) is 0 Å². The fraction of sp³-hybridized carbons (Fsp3) is 0.294. The number of rotatable bonds is 3. The van der Waals surface area contributed by atoms with Crippen molar-refractivity contribution in [3.8, 4) is 0 Å². The Morgan fingerprint density at radius 3 is 1.90 bits per heavy atom. The zero-order valence-electron chi connectivity index (χ0n) is 11.5. The van der Waals surface area contributed by atoms with Crippen LogP contribution in [0.4, 0.5) is 0 Å². The van der Waals surface area contributed by atoms with E-state index in [0.29, 0.717) is 0 Å². The molecule has 1 unspecified atom stereocenters. The van der Waals surface area contributed by atoms with Crippen LogP contribution in [0.25, 0.3) is 0 Å². The predicted molar refractivity (Wildman–Crippen MR) is 85.6 cm³/mol. The molecule has 2 aromatic rings. The third-order valence-corrected chi connectivity index (χ3v) is 6.26. The maximum absolute atomic E-state index is 10.4. The standard InChI is InChI=1S/C17H20NOP/c19-17-13-7-8-14-18(17)20(15-9-3-1-4-10-15)16-11-5-2-6-12-16/h1-6,9-12,17,19H,7-8,13-14H2. The Bertz CT molecular complexity index is 492.